The first kappa shape index (κ1) is 10.4. The molecule has 1 aromatic rings. The van der Waals surface area contributed by atoms with Gasteiger partial charge in [-0.05, 0) is 18.8 Å². The molecule has 4 heteroatoms. The Hall–Kier alpha value is -0.150. The van der Waals surface area contributed by atoms with Crippen LogP contribution in [0.3, 0.4) is 0 Å². The summed E-state index contributed by atoms with van der Waals surface area (Å²) in [4.78, 5) is 4.36. The molecular weight excluding hydrogens is 216 g/mol. The molecule has 0 atom stereocenters. The van der Waals surface area contributed by atoms with Gasteiger partial charge in [0.15, 0.2) is 5.16 Å². The Kier molecular flexibility index (Phi) is 3.39. The molecule has 0 bridgehead atoms. The van der Waals surface area contributed by atoms with Crippen LogP contribution in [0.15, 0.2) is 11.4 Å². The smallest absolute Gasteiger partial charge is 0.167 e. The Balaban J connectivity index is 1.91. The maximum atomic E-state index is 5.78. The van der Waals surface area contributed by atoms with E-state index in [0.717, 1.165) is 16.8 Å². The molecule has 1 aliphatic carbocycles. The first-order valence-electron chi connectivity index (χ1n) is 5.00. The lowest BCUT2D eigenvalue weighted by molar-refractivity contribution is 0.353. The molecule has 1 aromatic heterocycles. The summed E-state index contributed by atoms with van der Waals surface area (Å²) in [7, 11) is 2.04. The molecule has 2 nitrogen and oxygen atoms in total. The van der Waals surface area contributed by atoms with Crippen molar-refractivity contribution in [2.45, 2.75) is 30.3 Å². The molecule has 0 spiro atoms. The van der Waals surface area contributed by atoms with E-state index in [9.17, 15) is 0 Å². The largest absolute Gasteiger partial charge is 0.325 e. The summed E-state index contributed by atoms with van der Waals surface area (Å²) in [6, 6.07) is 0. The van der Waals surface area contributed by atoms with Gasteiger partial charge in [-0.1, -0.05) is 18.2 Å². The summed E-state index contributed by atoms with van der Waals surface area (Å²) < 4.78 is 2.09. The van der Waals surface area contributed by atoms with Crippen molar-refractivity contribution in [1.29, 1.82) is 0 Å². The third-order valence-corrected chi connectivity index (χ3v) is 4.40. The van der Waals surface area contributed by atoms with Crippen LogP contribution in [0.1, 0.15) is 25.0 Å². The monoisotopic (exact) mass is 230 g/mol. The molecule has 0 aliphatic heterocycles. The van der Waals surface area contributed by atoms with Crippen molar-refractivity contribution in [3.63, 3.8) is 0 Å². The molecule has 0 N–H and O–H groups in total. The lowest BCUT2D eigenvalue weighted by Gasteiger charge is -2.24. The zero-order valence-corrected chi connectivity index (χ0v) is 9.94. The molecule has 0 aromatic carbocycles. The van der Waals surface area contributed by atoms with Crippen LogP contribution in [-0.4, -0.2) is 15.3 Å². The molecular formula is C10H15ClN2S. The molecule has 14 heavy (non-hydrogen) atoms. The Morgan fingerprint density at radius 3 is 2.93 bits per heavy atom. The van der Waals surface area contributed by atoms with Gasteiger partial charge in [0.1, 0.15) is 0 Å². The Bertz CT molecular complexity index is 307. The summed E-state index contributed by atoms with van der Waals surface area (Å²) >= 11 is 7.64. The van der Waals surface area contributed by atoms with E-state index in [1.807, 2.05) is 25.0 Å². The lowest BCUT2D eigenvalue weighted by atomic mass is 9.87. The highest BCUT2D eigenvalue weighted by atomic mass is 35.5. The number of alkyl halides is 1. The minimum Gasteiger partial charge on any atom is -0.325 e. The van der Waals surface area contributed by atoms with Crippen molar-refractivity contribution in [2.24, 2.45) is 13.0 Å². The fraction of sp³-hybridized carbons (Fsp3) is 0.700. The quantitative estimate of drug-likeness (QED) is 0.585. The normalized spacial score (nSPS) is 17.0. The maximum absolute atomic E-state index is 5.78. The fourth-order valence-corrected chi connectivity index (χ4v) is 2.94. The molecule has 78 valence electrons. The molecule has 1 heterocycles. The third kappa shape index (κ3) is 2.09. The van der Waals surface area contributed by atoms with Crippen LogP contribution in [0.25, 0.3) is 0 Å². The van der Waals surface area contributed by atoms with E-state index in [1.165, 1.54) is 25.0 Å². The van der Waals surface area contributed by atoms with Gasteiger partial charge in [-0.3, -0.25) is 0 Å². The van der Waals surface area contributed by atoms with Crippen molar-refractivity contribution in [3.8, 4) is 0 Å². The van der Waals surface area contributed by atoms with Gasteiger partial charge in [0.25, 0.3) is 0 Å². The number of hydrogen-bond acceptors (Lipinski definition) is 2. The van der Waals surface area contributed by atoms with Crippen LogP contribution < -0.4 is 0 Å². The predicted molar refractivity (Wildman–Crippen MR) is 60.8 cm³/mol. The van der Waals surface area contributed by atoms with Crippen molar-refractivity contribution in [2.75, 3.05) is 5.75 Å². The molecule has 1 saturated carbocycles. The van der Waals surface area contributed by atoms with Crippen molar-refractivity contribution < 1.29 is 0 Å². The van der Waals surface area contributed by atoms with Gasteiger partial charge >= 0.3 is 0 Å². The SMILES string of the molecule is Cn1c(CCl)cnc1SCC1CCC1. The molecule has 0 unspecified atom stereocenters. The van der Waals surface area contributed by atoms with Gasteiger partial charge in [-0.2, -0.15) is 0 Å². The average Bonchev–Trinajstić information content (AvgIpc) is 2.45. The second-order valence-electron chi connectivity index (χ2n) is 3.83. The number of aromatic nitrogens is 2. The summed E-state index contributed by atoms with van der Waals surface area (Å²) in [5.41, 5.74) is 1.10. The molecule has 0 amide bonds. The number of rotatable bonds is 4. The van der Waals surface area contributed by atoms with Crippen molar-refractivity contribution in [1.82, 2.24) is 9.55 Å². The fourth-order valence-electron chi connectivity index (χ4n) is 1.54. The van der Waals surface area contributed by atoms with E-state index in [4.69, 9.17) is 11.6 Å². The zero-order valence-electron chi connectivity index (χ0n) is 8.37. The summed E-state index contributed by atoms with van der Waals surface area (Å²) in [6.07, 6.45) is 6.09. The van der Waals surface area contributed by atoms with E-state index in [0.29, 0.717) is 5.88 Å². The zero-order chi connectivity index (χ0) is 9.97. The van der Waals surface area contributed by atoms with Gasteiger partial charge in [-0.25, -0.2) is 4.98 Å². The first-order chi connectivity index (χ1) is 6.81. The minimum absolute atomic E-state index is 0.549. The van der Waals surface area contributed by atoms with Crippen LogP contribution in [0, 0.1) is 5.92 Å². The van der Waals surface area contributed by atoms with Gasteiger partial charge in [0, 0.05) is 12.8 Å². The highest BCUT2D eigenvalue weighted by molar-refractivity contribution is 7.99. The van der Waals surface area contributed by atoms with E-state index in [-0.39, 0.29) is 0 Å². The van der Waals surface area contributed by atoms with Crippen LogP contribution in [0.5, 0.6) is 0 Å². The van der Waals surface area contributed by atoms with Gasteiger partial charge in [0.05, 0.1) is 17.8 Å². The standard InChI is InChI=1S/C10H15ClN2S/c1-13-9(5-11)6-12-10(13)14-7-8-3-2-4-8/h6,8H,2-5,7H2,1H3. The predicted octanol–water partition coefficient (Wildman–Crippen LogP) is 3.05. The highest BCUT2D eigenvalue weighted by Gasteiger charge is 2.18. The number of hydrogen-bond donors (Lipinski definition) is 0. The highest BCUT2D eigenvalue weighted by Crippen LogP contribution is 2.32. The molecule has 1 aliphatic rings. The second-order valence-corrected chi connectivity index (χ2v) is 5.09. The van der Waals surface area contributed by atoms with Crippen LogP contribution >= 0.6 is 23.4 Å². The van der Waals surface area contributed by atoms with Crippen molar-refractivity contribution in [3.05, 3.63) is 11.9 Å². The second kappa shape index (κ2) is 4.58. The Morgan fingerprint density at radius 2 is 2.43 bits per heavy atom. The van der Waals surface area contributed by atoms with E-state index >= 15 is 0 Å². The van der Waals surface area contributed by atoms with E-state index < -0.39 is 0 Å². The summed E-state index contributed by atoms with van der Waals surface area (Å²) in [5.74, 6) is 2.69. The van der Waals surface area contributed by atoms with Gasteiger partial charge in [-0.15, -0.1) is 11.6 Å². The topological polar surface area (TPSA) is 17.8 Å². The number of thioether (sulfide) groups is 1. The lowest BCUT2D eigenvalue weighted by Crippen LogP contribution is -2.13. The van der Waals surface area contributed by atoms with Crippen LogP contribution in [-0.2, 0) is 12.9 Å². The molecule has 2 rings (SSSR count). The minimum atomic E-state index is 0.549. The van der Waals surface area contributed by atoms with Crippen LogP contribution in [0.2, 0.25) is 0 Å². The summed E-state index contributed by atoms with van der Waals surface area (Å²) in [6.45, 7) is 0. The van der Waals surface area contributed by atoms with Crippen molar-refractivity contribution >= 4 is 23.4 Å². The Labute approximate surface area is 94.0 Å². The molecule has 0 saturated heterocycles. The van der Waals surface area contributed by atoms with Gasteiger partial charge in [0.2, 0.25) is 0 Å². The number of nitrogens with zero attached hydrogens (tertiary/aromatic N) is 2. The average molecular weight is 231 g/mol. The Morgan fingerprint density at radius 1 is 1.64 bits per heavy atom. The summed E-state index contributed by atoms with van der Waals surface area (Å²) in [5, 5.41) is 1.10. The first-order valence-corrected chi connectivity index (χ1v) is 6.52. The van der Waals surface area contributed by atoms with Crippen LogP contribution in [0.4, 0.5) is 0 Å². The molecule has 0 radical (unpaired) electrons. The number of imidazole rings is 1. The number of halogens is 1. The maximum Gasteiger partial charge on any atom is 0.167 e. The van der Waals surface area contributed by atoms with E-state index in [1.54, 1.807) is 0 Å². The van der Waals surface area contributed by atoms with E-state index in [2.05, 4.69) is 9.55 Å². The van der Waals surface area contributed by atoms with Gasteiger partial charge < -0.3 is 4.57 Å². The third-order valence-electron chi connectivity index (χ3n) is 2.85. The molecule has 1 fully saturated rings.